The normalized spacial score (nSPS) is 30.8. The average Bonchev–Trinajstić information content (AvgIpc) is 2.83. The number of hydrogen-bond donors (Lipinski definition) is 2. The number of carboxylic acid groups (broad SMARTS) is 1. The summed E-state index contributed by atoms with van der Waals surface area (Å²) in [6.07, 6.45) is 2.71. The van der Waals surface area contributed by atoms with Crippen molar-refractivity contribution in [3.63, 3.8) is 0 Å². The number of amides is 1. The van der Waals surface area contributed by atoms with Crippen molar-refractivity contribution in [2.24, 2.45) is 11.3 Å². The lowest BCUT2D eigenvalue weighted by Gasteiger charge is -2.27. The van der Waals surface area contributed by atoms with Crippen LogP contribution in [0.15, 0.2) is 0 Å². The summed E-state index contributed by atoms with van der Waals surface area (Å²) in [7, 11) is 0. The summed E-state index contributed by atoms with van der Waals surface area (Å²) in [6.45, 7) is 0.637. The molecule has 1 heterocycles. The second-order valence-electron chi connectivity index (χ2n) is 4.00. The minimum Gasteiger partial charge on any atom is -0.481 e. The van der Waals surface area contributed by atoms with E-state index in [0.29, 0.717) is 13.0 Å². The van der Waals surface area contributed by atoms with Gasteiger partial charge in [0.15, 0.2) is 0 Å². The third kappa shape index (κ3) is 1.30. The molecule has 0 aromatic heterocycles. The minimum absolute atomic E-state index is 0.00350. The van der Waals surface area contributed by atoms with Crippen LogP contribution in [0.25, 0.3) is 0 Å². The Kier molecular flexibility index (Phi) is 1.78. The van der Waals surface area contributed by atoms with Crippen molar-refractivity contribution in [3.8, 4) is 0 Å². The molecule has 0 aromatic carbocycles. The zero-order valence-corrected chi connectivity index (χ0v) is 7.38. The van der Waals surface area contributed by atoms with E-state index in [4.69, 9.17) is 5.11 Å². The fraction of sp³-hybridized carbons (Fsp3) is 0.778. The maximum atomic E-state index is 11.1. The van der Waals surface area contributed by atoms with Crippen molar-refractivity contribution < 1.29 is 14.7 Å². The summed E-state index contributed by atoms with van der Waals surface area (Å²) in [6, 6.07) is 0. The monoisotopic (exact) mass is 183 g/mol. The van der Waals surface area contributed by atoms with Gasteiger partial charge in [-0.3, -0.25) is 9.59 Å². The highest BCUT2D eigenvalue weighted by Gasteiger charge is 2.56. The number of carbonyl (C=O) groups excluding carboxylic acids is 1. The molecule has 1 unspecified atom stereocenters. The molecular weight excluding hydrogens is 170 g/mol. The molecule has 72 valence electrons. The minimum atomic E-state index is -0.716. The summed E-state index contributed by atoms with van der Waals surface area (Å²) in [5, 5.41) is 11.7. The molecule has 4 nitrogen and oxygen atoms in total. The molecule has 0 spiro atoms. The van der Waals surface area contributed by atoms with Crippen molar-refractivity contribution in [1.29, 1.82) is 0 Å². The van der Waals surface area contributed by atoms with E-state index in [1.54, 1.807) is 0 Å². The maximum Gasteiger partial charge on any atom is 0.309 e. The van der Waals surface area contributed by atoms with Crippen molar-refractivity contribution in [2.45, 2.75) is 25.7 Å². The van der Waals surface area contributed by atoms with Gasteiger partial charge in [0, 0.05) is 13.0 Å². The van der Waals surface area contributed by atoms with E-state index in [2.05, 4.69) is 5.32 Å². The SMILES string of the molecule is O=C1CC(C2(C(=O)O)CC2)CCN1. The lowest BCUT2D eigenvalue weighted by molar-refractivity contribution is -0.146. The highest BCUT2D eigenvalue weighted by molar-refractivity contribution is 5.82. The van der Waals surface area contributed by atoms with E-state index >= 15 is 0 Å². The fourth-order valence-corrected chi connectivity index (χ4v) is 2.19. The van der Waals surface area contributed by atoms with Crippen LogP contribution in [0.3, 0.4) is 0 Å². The molecule has 1 saturated carbocycles. The first kappa shape index (κ1) is 8.53. The predicted molar refractivity (Wildman–Crippen MR) is 45.0 cm³/mol. The molecule has 0 bridgehead atoms. The molecule has 1 saturated heterocycles. The van der Waals surface area contributed by atoms with Gasteiger partial charge in [-0.1, -0.05) is 0 Å². The first-order chi connectivity index (χ1) is 6.15. The van der Waals surface area contributed by atoms with E-state index in [1.165, 1.54) is 0 Å². The van der Waals surface area contributed by atoms with Crippen LogP contribution in [0.5, 0.6) is 0 Å². The Hall–Kier alpha value is -1.06. The Balaban J connectivity index is 2.07. The van der Waals surface area contributed by atoms with Crippen LogP contribution in [-0.2, 0) is 9.59 Å². The van der Waals surface area contributed by atoms with Crippen LogP contribution in [-0.4, -0.2) is 23.5 Å². The standard InChI is InChI=1S/C9H13NO3/c11-7-5-6(1-4-10-7)9(2-3-9)8(12)13/h6H,1-5H2,(H,10,11)(H,12,13). The Labute approximate surface area is 76.3 Å². The van der Waals surface area contributed by atoms with Gasteiger partial charge < -0.3 is 10.4 Å². The van der Waals surface area contributed by atoms with E-state index in [-0.39, 0.29) is 11.8 Å². The number of rotatable bonds is 2. The van der Waals surface area contributed by atoms with Gasteiger partial charge in [0.25, 0.3) is 0 Å². The third-order valence-electron chi connectivity index (χ3n) is 3.24. The van der Waals surface area contributed by atoms with Crippen molar-refractivity contribution in [3.05, 3.63) is 0 Å². The van der Waals surface area contributed by atoms with Gasteiger partial charge in [0.05, 0.1) is 5.41 Å². The molecule has 2 N–H and O–H groups in total. The second-order valence-corrected chi connectivity index (χ2v) is 4.00. The van der Waals surface area contributed by atoms with Crippen molar-refractivity contribution in [1.82, 2.24) is 5.32 Å². The van der Waals surface area contributed by atoms with Crippen LogP contribution < -0.4 is 5.32 Å². The zero-order valence-electron chi connectivity index (χ0n) is 7.38. The van der Waals surface area contributed by atoms with E-state index in [0.717, 1.165) is 19.3 Å². The number of aliphatic carboxylic acids is 1. The molecule has 1 atom stereocenters. The Bertz CT molecular complexity index is 258. The van der Waals surface area contributed by atoms with Crippen molar-refractivity contribution >= 4 is 11.9 Å². The summed E-state index contributed by atoms with van der Waals surface area (Å²) >= 11 is 0. The largest absolute Gasteiger partial charge is 0.481 e. The van der Waals surface area contributed by atoms with E-state index < -0.39 is 11.4 Å². The Morgan fingerprint density at radius 3 is 2.69 bits per heavy atom. The smallest absolute Gasteiger partial charge is 0.309 e. The molecule has 4 heteroatoms. The summed E-state index contributed by atoms with van der Waals surface area (Å²) in [4.78, 5) is 22.0. The molecule has 1 aliphatic heterocycles. The van der Waals surface area contributed by atoms with Gasteiger partial charge in [-0.2, -0.15) is 0 Å². The second kappa shape index (κ2) is 2.72. The molecule has 13 heavy (non-hydrogen) atoms. The Morgan fingerprint density at radius 2 is 2.23 bits per heavy atom. The lowest BCUT2D eigenvalue weighted by atomic mass is 9.82. The predicted octanol–water partition coefficient (Wildman–Crippen LogP) is 0.377. The zero-order chi connectivity index (χ0) is 9.47. The number of carboxylic acids is 1. The molecule has 2 aliphatic rings. The van der Waals surface area contributed by atoms with E-state index in [9.17, 15) is 9.59 Å². The fourth-order valence-electron chi connectivity index (χ4n) is 2.19. The van der Waals surface area contributed by atoms with E-state index in [1.807, 2.05) is 0 Å². The number of nitrogens with one attached hydrogen (secondary N) is 1. The van der Waals surface area contributed by atoms with Crippen molar-refractivity contribution in [2.75, 3.05) is 6.54 Å². The van der Waals surface area contributed by atoms with Crippen LogP contribution in [0.2, 0.25) is 0 Å². The van der Waals surface area contributed by atoms with Gasteiger partial charge in [0.1, 0.15) is 0 Å². The highest BCUT2D eigenvalue weighted by atomic mass is 16.4. The molecule has 0 radical (unpaired) electrons. The maximum absolute atomic E-state index is 11.1. The van der Waals surface area contributed by atoms with Gasteiger partial charge in [-0.05, 0) is 25.2 Å². The van der Waals surface area contributed by atoms with Crippen LogP contribution in [0.1, 0.15) is 25.7 Å². The van der Waals surface area contributed by atoms with Gasteiger partial charge in [-0.15, -0.1) is 0 Å². The highest BCUT2D eigenvalue weighted by Crippen LogP contribution is 2.54. The molecule has 2 rings (SSSR count). The van der Waals surface area contributed by atoms with Gasteiger partial charge in [0.2, 0.25) is 5.91 Å². The summed E-state index contributed by atoms with van der Waals surface area (Å²) in [5.74, 6) is -0.644. The number of carbonyl (C=O) groups is 2. The summed E-state index contributed by atoms with van der Waals surface area (Å²) in [5.41, 5.74) is -0.544. The number of hydrogen-bond acceptors (Lipinski definition) is 2. The van der Waals surface area contributed by atoms with Crippen LogP contribution in [0, 0.1) is 11.3 Å². The number of piperidine rings is 1. The molecule has 0 aromatic rings. The quantitative estimate of drug-likeness (QED) is 0.650. The summed E-state index contributed by atoms with van der Waals surface area (Å²) < 4.78 is 0. The third-order valence-corrected chi connectivity index (χ3v) is 3.24. The first-order valence-corrected chi connectivity index (χ1v) is 4.65. The lowest BCUT2D eigenvalue weighted by Crippen LogP contribution is -2.39. The van der Waals surface area contributed by atoms with Crippen LogP contribution in [0.4, 0.5) is 0 Å². The molecular formula is C9H13NO3. The Morgan fingerprint density at radius 1 is 1.54 bits per heavy atom. The molecule has 2 fully saturated rings. The first-order valence-electron chi connectivity index (χ1n) is 4.65. The average molecular weight is 183 g/mol. The topological polar surface area (TPSA) is 66.4 Å². The molecule has 1 aliphatic carbocycles. The van der Waals surface area contributed by atoms with Gasteiger partial charge >= 0.3 is 5.97 Å². The van der Waals surface area contributed by atoms with Gasteiger partial charge in [-0.25, -0.2) is 0 Å². The van der Waals surface area contributed by atoms with Crippen LogP contribution >= 0.6 is 0 Å². The molecule has 1 amide bonds.